The summed E-state index contributed by atoms with van der Waals surface area (Å²) < 4.78 is 11.4. The topological polar surface area (TPSA) is 111 Å². The maximum atomic E-state index is 9.71. The Labute approximate surface area is 183 Å². The van der Waals surface area contributed by atoms with Gasteiger partial charge in [-0.1, -0.05) is 12.1 Å². The zero-order valence-corrected chi connectivity index (χ0v) is 18.8. The molecule has 8 nitrogen and oxygen atoms in total. The third-order valence-electron chi connectivity index (χ3n) is 5.24. The number of anilines is 1. The van der Waals surface area contributed by atoms with Gasteiger partial charge in [0.2, 0.25) is 5.82 Å². The van der Waals surface area contributed by atoms with E-state index >= 15 is 0 Å². The number of aliphatic hydroxyl groups is 1. The minimum Gasteiger partial charge on any atom is -0.490 e. The molecule has 0 saturated carbocycles. The van der Waals surface area contributed by atoms with Crippen molar-refractivity contribution in [3.8, 4) is 28.6 Å². The molecule has 31 heavy (non-hydrogen) atoms. The number of aliphatic hydroxyl groups excluding tert-OH is 1. The molecule has 0 aliphatic rings. The van der Waals surface area contributed by atoms with E-state index in [1.54, 1.807) is 6.20 Å². The van der Waals surface area contributed by atoms with Gasteiger partial charge in [-0.3, -0.25) is 0 Å². The van der Waals surface area contributed by atoms with Crippen LogP contribution in [-0.4, -0.2) is 53.1 Å². The Morgan fingerprint density at radius 2 is 1.90 bits per heavy atom. The van der Waals surface area contributed by atoms with Crippen LogP contribution in [0.3, 0.4) is 0 Å². The van der Waals surface area contributed by atoms with Crippen LogP contribution in [0.4, 0.5) is 5.82 Å². The van der Waals surface area contributed by atoms with Crippen LogP contribution in [0.15, 0.2) is 28.9 Å². The van der Waals surface area contributed by atoms with Gasteiger partial charge in [0.1, 0.15) is 24.3 Å². The molecule has 0 aliphatic carbocycles. The standard InChI is InChI=1S/C23H31N5O3/c1-6-16-10-17(8-14(3)20(16)30-13-19(29)11-24)21-26-23(31-27-21)18-9-15(4)22(25-12-18)28(5)7-2/h8-10,12,19,29H,6-7,11,13,24H2,1-5H3/t19-/m0/s1. The summed E-state index contributed by atoms with van der Waals surface area (Å²) in [5.74, 6) is 2.63. The summed E-state index contributed by atoms with van der Waals surface area (Å²) in [6, 6.07) is 5.96. The van der Waals surface area contributed by atoms with E-state index in [9.17, 15) is 5.11 Å². The smallest absolute Gasteiger partial charge is 0.259 e. The summed E-state index contributed by atoms with van der Waals surface area (Å²) in [4.78, 5) is 11.2. The van der Waals surface area contributed by atoms with E-state index in [0.29, 0.717) is 11.7 Å². The average molecular weight is 426 g/mol. The highest BCUT2D eigenvalue weighted by atomic mass is 16.5. The van der Waals surface area contributed by atoms with E-state index in [1.165, 1.54) is 0 Å². The van der Waals surface area contributed by atoms with Crippen molar-refractivity contribution in [2.24, 2.45) is 5.73 Å². The first-order chi connectivity index (χ1) is 14.9. The number of aryl methyl sites for hydroxylation is 3. The second kappa shape index (κ2) is 9.89. The fraction of sp³-hybridized carbons (Fsp3) is 0.435. The molecular weight excluding hydrogens is 394 g/mol. The molecule has 3 N–H and O–H groups in total. The van der Waals surface area contributed by atoms with Crippen LogP contribution in [0.1, 0.15) is 30.5 Å². The normalized spacial score (nSPS) is 12.1. The number of rotatable bonds is 9. The second-order valence-electron chi connectivity index (χ2n) is 7.64. The number of pyridine rings is 1. The molecule has 0 spiro atoms. The first-order valence-electron chi connectivity index (χ1n) is 10.5. The van der Waals surface area contributed by atoms with Gasteiger partial charge in [0.25, 0.3) is 5.89 Å². The summed E-state index contributed by atoms with van der Waals surface area (Å²) in [6.07, 6.45) is 1.83. The Morgan fingerprint density at radius 1 is 1.16 bits per heavy atom. The predicted molar refractivity (Wildman–Crippen MR) is 121 cm³/mol. The molecule has 3 rings (SSSR count). The Hall–Kier alpha value is -2.97. The van der Waals surface area contributed by atoms with Crippen LogP contribution in [0, 0.1) is 13.8 Å². The molecule has 3 aromatic rings. The van der Waals surface area contributed by atoms with Crippen molar-refractivity contribution in [3.05, 3.63) is 41.1 Å². The lowest BCUT2D eigenvalue weighted by Gasteiger charge is -2.17. The summed E-state index contributed by atoms with van der Waals surface area (Å²) in [7, 11) is 2.01. The highest BCUT2D eigenvalue weighted by molar-refractivity contribution is 5.64. The molecule has 1 aromatic carbocycles. The van der Waals surface area contributed by atoms with E-state index in [1.807, 2.05) is 39.1 Å². The van der Waals surface area contributed by atoms with E-state index in [0.717, 1.165) is 52.4 Å². The van der Waals surface area contributed by atoms with E-state index < -0.39 is 6.10 Å². The number of hydrogen-bond acceptors (Lipinski definition) is 8. The second-order valence-corrected chi connectivity index (χ2v) is 7.64. The molecule has 2 heterocycles. The van der Waals surface area contributed by atoms with Crippen LogP contribution in [0.25, 0.3) is 22.8 Å². The number of ether oxygens (including phenoxy) is 1. The zero-order chi connectivity index (χ0) is 22.5. The van der Waals surface area contributed by atoms with E-state index in [-0.39, 0.29) is 13.2 Å². The third-order valence-corrected chi connectivity index (χ3v) is 5.24. The van der Waals surface area contributed by atoms with Crippen molar-refractivity contribution in [2.45, 2.75) is 40.2 Å². The van der Waals surface area contributed by atoms with Crippen molar-refractivity contribution >= 4 is 5.82 Å². The van der Waals surface area contributed by atoms with Crippen molar-refractivity contribution in [3.63, 3.8) is 0 Å². The molecule has 0 saturated heterocycles. The Bertz CT molecular complexity index is 1030. The SMILES string of the molecule is CCc1cc(-c2noc(-c3cnc(N(C)CC)c(C)c3)n2)cc(C)c1OC[C@@H](O)CN. The van der Waals surface area contributed by atoms with Crippen LogP contribution in [0.5, 0.6) is 5.75 Å². The molecule has 1 atom stereocenters. The van der Waals surface area contributed by atoms with Crippen molar-refractivity contribution in [1.29, 1.82) is 0 Å². The molecule has 0 fully saturated rings. The lowest BCUT2D eigenvalue weighted by atomic mass is 10.0. The molecule has 8 heteroatoms. The van der Waals surface area contributed by atoms with Crippen molar-refractivity contribution < 1.29 is 14.4 Å². The molecule has 0 unspecified atom stereocenters. The number of nitrogens with zero attached hydrogens (tertiary/aromatic N) is 4. The number of nitrogens with two attached hydrogens (primary N) is 1. The summed E-state index contributed by atoms with van der Waals surface area (Å²) >= 11 is 0. The van der Waals surface area contributed by atoms with Crippen LogP contribution < -0.4 is 15.4 Å². The quantitative estimate of drug-likeness (QED) is 0.538. The number of benzene rings is 1. The Kier molecular flexibility index (Phi) is 7.25. The van der Waals surface area contributed by atoms with Gasteiger partial charge in [0, 0.05) is 31.9 Å². The van der Waals surface area contributed by atoms with Gasteiger partial charge < -0.3 is 25.0 Å². The molecule has 2 aromatic heterocycles. The monoisotopic (exact) mass is 425 g/mol. The van der Waals surface area contributed by atoms with Crippen LogP contribution in [-0.2, 0) is 6.42 Å². The largest absolute Gasteiger partial charge is 0.490 e. The van der Waals surface area contributed by atoms with Crippen LogP contribution in [0.2, 0.25) is 0 Å². The first kappa shape index (κ1) is 22.7. The van der Waals surface area contributed by atoms with Crippen molar-refractivity contribution in [1.82, 2.24) is 15.1 Å². The summed E-state index contributed by atoms with van der Waals surface area (Å²) in [6.45, 7) is 9.32. The lowest BCUT2D eigenvalue weighted by Crippen LogP contribution is -2.27. The first-order valence-corrected chi connectivity index (χ1v) is 10.5. The van der Waals surface area contributed by atoms with Gasteiger partial charge in [0.05, 0.1) is 5.56 Å². The van der Waals surface area contributed by atoms with E-state index in [4.69, 9.17) is 15.0 Å². The zero-order valence-electron chi connectivity index (χ0n) is 18.8. The molecule has 0 radical (unpaired) electrons. The summed E-state index contributed by atoms with van der Waals surface area (Å²) in [5, 5.41) is 13.9. The fourth-order valence-electron chi connectivity index (χ4n) is 3.38. The molecule has 0 aliphatic heterocycles. The fourth-order valence-corrected chi connectivity index (χ4v) is 3.38. The van der Waals surface area contributed by atoms with Gasteiger partial charge in [-0.25, -0.2) is 4.98 Å². The minimum absolute atomic E-state index is 0.158. The van der Waals surface area contributed by atoms with Gasteiger partial charge in [-0.15, -0.1) is 0 Å². The molecule has 0 bridgehead atoms. The maximum Gasteiger partial charge on any atom is 0.259 e. The Morgan fingerprint density at radius 3 is 2.55 bits per heavy atom. The number of aromatic nitrogens is 3. The van der Waals surface area contributed by atoms with Crippen molar-refractivity contribution in [2.75, 3.05) is 31.6 Å². The van der Waals surface area contributed by atoms with Gasteiger partial charge in [-0.2, -0.15) is 4.98 Å². The van der Waals surface area contributed by atoms with Gasteiger partial charge in [0.15, 0.2) is 0 Å². The van der Waals surface area contributed by atoms with E-state index in [2.05, 4.69) is 33.9 Å². The van der Waals surface area contributed by atoms with Crippen LogP contribution >= 0.6 is 0 Å². The highest BCUT2D eigenvalue weighted by Crippen LogP contribution is 2.31. The third kappa shape index (κ3) is 5.03. The average Bonchev–Trinajstić information content (AvgIpc) is 3.27. The highest BCUT2D eigenvalue weighted by Gasteiger charge is 2.17. The Balaban J connectivity index is 1.88. The predicted octanol–water partition coefficient (Wildman–Crippen LogP) is 3.13. The minimum atomic E-state index is -0.691. The maximum absolute atomic E-state index is 9.71. The lowest BCUT2D eigenvalue weighted by molar-refractivity contribution is 0.113. The summed E-state index contributed by atoms with van der Waals surface area (Å²) in [5.41, 5.74) is 10.1. The molecule has 0 amide bonds. The number of hydrogen-bond donors (Lipinski definition) is 2. The van der Waals surface area contributed by atoms with Gasteiger partial charge >= 0.3 is 0 Å². The molecule has 166 valence electrons. The molecular formula is C23H31N5O3. The van der Waals surface area contributed by atoms with Gasteiger partial charge in [-0.05, 0) is 62.1 Å².